The summed E-state index contributed by atoms with van der Waals surface area (Å²) in [5.74, 6) is 1.83. The van der Waals surface area contributed by atoms with Gasteiger partial charge in [-0.25, -0.2) is 9.97 Å². The molecule has 0 aliphatic carbocycles. The van der Waals surface area contributed by atoms with Crippen molar-refractivity contribution in [2.24, 2.45) is 5.92 Å². The van der Waals surface area contributed by atoms with E-state index in [1.807, 2.05) is 42.2 Å². The van der Waals surface area contributed by atoms with Crippen molar-refractivity contribution < 1.29 is 19.1 Å². The number of amides is 2. The van der Waals surface area contributed by atoms with E-state index in [0.29, 0.717) is 44.2 Å². The molecule has 2 saturated heterocycles. The van der Waals surface area contributed by atoms with E-state index in [1.54, 1.807) is 17.0 Å². The maximum absolute atomic E-state index is 13.3. The summed E-state index contributed by atoms with van der Waals surface area (Å²) in [5.41, 5.74) is 3.38. The van der Waals surface area contributed by atoms with Gasteiger partial charge in [-0.15, -0.1) is 0 Å². The van der Waals surface area contributed by atoms with E-state index in [-0.39, 0.29) is 30.9 Å². The topological polar surface area (TPSA) is 88.1 Å². The Kier molecular flexibility index (Phi) is 4.97. The minimum Gasteiger partial charge on any atom is -0.454 e. The van der Waals surface area contributed by atoms with E-state index in [4.69, 9.17) is 19.4 Å². The lowest BCUT2D eigenvalue weighted by molar-refractivity contribution is -0.136. The van der Waals surface area contributed by atoms with Crippen LogP contribution in [0.2, 0.25) is 0 Å². The number of hydrogen-bond acceptors (Lipinski definition) is 7. The summed E-state index contributed by atoms with van der Waals surface area (Å²) in [5, 5.41) is 0. The average molecular weight is 460 g/mol. The largest absolute Gasteiger partial charge is 0.454 e. The summed E-state index contributed by atoms with van der Waals surface area (Å²) in [7, 11) is 0. The smallest absolute Gasteiger partial charge is 0.231 e. The van der Waals surface area contributed by atoms with Gasteiger partial charge in [0.15, 0.2) is 17.3 Å². The van der Waals surface area contributed by atoms with Gasteiger partial charge in [-0.1, -0.05) is 12.1 Å². The lowest BCUT2D eigenvalue weighted by atomic mass is 10.1. The molecule has 1 unspecified atom stereocenters. The first-order chi connectivity index (χ1) is 16.6. The quantitative estimate of drug-likeness (QED) is 0.594. The lowest BCUT2D eigenvalue weighted by Crippen LogP contribution is -2.51. The highest BCUT2D eigenvalue weighted by Crippen LogP contribution is 2.37. The molecule has 34 heavy (non-hydrogen) atoms. The molecule has 2 amide bonds. The second-order valence-corrected chi connectivity index (χ2v) is 8.88. The molecule has 2 fully saturated rings. The Labute approximate surface area is 196 Å². The van der Waals surface area contributed by atoms with Gasteiger partial charge >= 0.3 is 0 Å². The number of hydrogen-bond donors (Lipinski definition) is 0. The van der Waals surface area contributed by atoms with E-state index < -0.39 is 0 Å². The maximum atomic E-state index is 13.3. The molecule has 6 rings (SSSR count). The van der Waals surface area contributed by atoms with Crippen molar-refractivity contribution in [3.63, 3.8) is 0 Å². The molecular weight excluding hydrogens is 434 g/mol. The molecule has 1 aromatic heterocycles. The summed E-state index contributed by atoms with van der Waals surface area (Å²) in [4.78, 5) is 41.2. The molecule has 9 heteroatoms. The summed E-state index contributed by atoms with van der Waals surface area (Å²) >= 11 is 0. The third-order valence-electron chi connectivity index (χ3n) is 6.75. The standard InChI is InChI=1S/C25H25N5O4/c1-16-24(27-20-5-3-2-4-19(20)26-16)28-8-10-29(11-9-28)25(32)17-12-23(31)30(14-17)18-6-7-21-22(13-18)34-15-33-21/h2-7,13,17H,8-12,14-15H2,1H3. The van der Waals surface area contributed by atoms with Gasteiger partial charge in [-0.2, -0.15) is 0 Å². The summed E-state index contributed by atoms with van der Waals surface area (Å²) < 4.78 is 10.8. The van der Waals surface area contributed by atoms with Crippen molar-refractivity contribution in [3.8, 4) is 11.5 Å². The van der Waals surface area contributed by atoms with Crippen LogP contribution < -0.4 is 19.3 Å². The van der Waals surface area contributed by atoms with Crippen LogP contribution in [0.4, 0.5) is 11.5 Å². The van der Waals surface area contributed by atoms with Gasteiger partial charge in [-0.3, -0.25) is 9.59 Å². The second-order valence-electron chi connectivity index (χ2n) is 8.88. The Bertz CT molecular complexity index is 1290. The fraction of sp³-hybridized carbons (Fsp3) is 0.360. The van der Waals surface area contributed by atoms with E-state index >= 15 is 0 Å². The van der Waals surface area contributed by atoms with Gasteiger partial charge in [0.1, 0.15) is 0 Å². The number of carbonyl (C=O) groups excluding carboxylic acids is 2. The van der Waals surface area contributed by atoms with Crippen molar-refractivity contribution in [2.75, 3.05) is 49.3 Å². The number of piperazine rings is 1. The first-order valence-corrected chi connectivity index (χ1v) is 11.5. The van der Waals surface area contributed by atoms with Gasteiger partial charge in [0.25, 0.3) is 0 Å². The molecule has 0 saturated carbocycles. The van der Waals surface area contributed by atoms with Crippen molar-refractivity contribution in [1.82, 2.24) is 14.9 Å². The molecule has 9 nitrogen and oxygen atoms in total. The first kappa shape index (κ1) is 20.7. The highest BCUT2D eigenvalue weighted by atomic mass is 16.7. The Balaban J connectivity index is 1.11. The third kappa shape index (κ3) is 3.57. The first-order valence-electron chi connectivity index (χ1n) is 11.5. The van der Waals surface area contributed by atoms with Gasteiger partial charge < -0.3 is 24.2 Å². The Morgan fingerprint density at radius 2 is 1.71 bits per heavy atom. The number of benzene rings is 2. The van der Waals surface area contributed by atoms with Crippen molar-refractivity contribution in [1.29, 1.82) is 0 Å². The van der Waals surface area contributed by atoms with E-state index in [9.17, 15) is 9.59 Å². The van der Waals surface area contributed by atoms with Crippen LogP contribution in [0.1, 0.15) is 12.1 Å². The van der Waals surface area contributed by atoms with Crippen molar-refractivity contribution in [3.05, 3.63) is 48.2 Å². The molecule has 0 N–H and O–H groups in total. The zero-order valence-corrected chi connectivity index (χ0v) is 18.9. The average Bonchev–Trinajstić information content (AvgIpc) is 3.49. The Hall–Kier alpha value is -3.88. The van der Waals surface area contributed by atoms with Gasteiger partial charge in [0, 0.05) is 50.9 Å². The Morgan fingerprint density at radius 3 is 2.50 bits per heavy atom. The maximum Gasteiger partial charge on any atom is 0.231 e. The molecule has 2 aromatic carbocycles. The zero-order chi connectivity index (χ0) is 23.2. The van der Waals surface area contributed by atoms with Crippen molar-refractivity contribution >= 4 is 34.4 Å². The van der Waals surface area contributed by atoms with E-state index in [0.717, 1.165) is 28.2 Å². The summed E-state index contributed by atoms with van der Waals surface area (Å²) in [6, 6.07) is 13.3. The molecule has 4 heterocycles. The van der Waals surface area contributed by atoms with Crippen LogP contribution in [-0.4, -0.2) is 66.2 Å². The number of aromatic nitrogens is 2. The number of para-hydroxylation sites is 2. The van der Waals surface area contributed by atoms with Crippen LogP contribution in [0.15, 0.2) is 42.5 Å². The molecular formula is C25H25N5O4. The summed E-state index contributed by atoms with van der Waals surface area (Å²) in [6.45, 7) is 5.11. The fourth-order valence-corrected chi connectivity index (χ4v) is 4.95. The fourth-order valence-electron chi connectivity index (χ4n) is 4.95. The zero-order valence-electron chi connectivity index (χ0n) is 18.9. The number of anilines is 2. The van der Waals surface area contributed by atoms with Crippen LogP contribution >= 0.6 is 0 Å². The molecule has 174 valence electrons. The monoisotopic (exact) mass is 459 g/mol. The number of fused-ring (bicyclic) bond motifs is 2. The van der Waals surface area contributed by atoms with Crippen molar-refractivity contribution in [2.45, 2.75) is 13.3 Å². The lowest BCUT2D eigenvalue weighted by Gasteiger charge is -2.36. The SMILES string of the molecule is Cc1nc2ccccc2nc1N1CCN(C(=O)C2CC(=O)N(c3ccc4c(c3)OCO4)C2)CC1. The van der Waals surface area contributed by atoms with E-state index in [1.165, 1.54) is 0 Å². The molecule has 3 aromatic rings. The molecule has 0 radical (unpaired) electrons. The highest BCUT2D eigenvalue weighted by molar-refractivity contribution is 6.00. The Morgan fingerprint density at radius 1 is 0.971 bits per heavy atom. The van der Waals surface area contributed by atoms with Crippen LogP contribution in [0.25, 0.3) is 11.0 Å². The number of aryl methyl sites for hydroxylation is 1. The second kappa shape index (κ2) is 8.16. The predicted octanol–water partition coefficient (Wildman–Crippen LogP) is 2.37. The molecule has 3 aliphatic rings. The van der Waals surface area contributed by atoms with Gasteiger partial charge in [0.05, 0.1) is 22.6 Å². The molecule has 1 atom stereocenters. The van der Waals surface area contributed by atoms with Crippen LogP contribution in [-0.2, 0) is 9.59 Å². The van der Waals surface area contributed by atoms with Crippen LogP contribution in [0, 0.1) is 12.8 Å². The predicted molar refractivity (Wildman–Crippen MR) is 126 cm³/mol. The molecule has 0 spiro atoms. The van der Waals surface area contributed by atoms with Crippen LogP contribution in [0.3, 0.4) is 0 Å². The number of rotatable bonds is 3. The molecule has 3 aliphatic heterocycles. The number of carbonyl (C=O) groups is 2. The third-order valence-corrected chi connectivity index (χ3v) is 6.75. The minimum absolute atomic E-state index is 0.0394. The number of nitrogens with zero attached hydrogens (tertiary/aromatic N) is 5. The highest BCUT2D eigenvalue weighted by Gasteiger charge is 2.38. The van der Waals surface area contributed by atoms with Gasteiger partial charge in [0.2, 0.25) is 18.6 Å². The molecule has 0 bridgehead atoms. The van der Waals surface area contributed by atoms with Crippen LogP contribution in [0.5, 0.6) is 11.5 Å². The van der Waals surface area contributed by atoms with Gasteiger partial charge in [-0.05, 0) is 31.2 Å². The number of ether oxygens (including phenoxy) is 2. The summed E-state index contributed by atoms with van der Waals surface area (Å²) in [6.07, 6.45) is 0.225. The van der Waals surface area contributed by atoms with E-state index in [2.05, 4.69) is 4.90 Å². The minimum atomic E-state index is -0.341. The normalized spacial score (nSPS) is 19.9.